The van der Waals surface area contributed by atoms with Crippen molar-refractivity contribution >= 4 is 23.3 Å². The summed E-state index contributed by atoms with van der Waals surface area (Å²) < 4.78 is 4.86. The summed E-state index contributed by atoms with van der Waals surface area (Å²) in [5.74, 6) is 0.0550. The molecular formula is C13H15ClN4O2. The second-order valence-electron chi connectivity index (χ2n) is 3.78. The van der Waals surface area contributed by atoms with Crippen LogP contribution >= 0.6 is 11.6 Å². The van der Waals surface area contributed by atoms with E-state index in [9.17, 15) is 4.79 Å². The number of hydrogen-bond donors (Lipinski definition) is 2. The summed E-state index contributed by atoms with van der Waals surface area (Å²) in [6.45, 7) is 1.00. The van der Waals surface area contributed by atoms with Crippen molar-refractivity contribution in [3.05, 3.63) is 35.1 Å². The molecule has 0 spiro atoms. The summed E-state index contributed by atoms with van der Waals surface area (Å²) in [5, 5.41) is 14.8. The summed E-state index contributed by atoms with van der Waals surface area (Å²) >= 11 is 5.70. The lowest BCUT2D eigenvalue weighted by atomic mass is 10.3. The van der Waals surface area contributed by atoms with E-state index in [2.05, 4.69) is 15.6 Å². The number of nitrogens with zero attached hydrogens (tertiary/aromatic N) is 2. The minimum atomic E-state index is -0.440. The number of carbonyl (C=O) groups is 1. The highest BCUT2D eigenvalue weighted by atomic mass is 35.5. The minimum Gasteiger partial charge on any atom is -0.385 e. The van der Waals surface area contributed by atoms with E-state index < -0.39 is 5.91 Å². The molecule has 0 atom stereocenters. The molecule has 0 fully saturated rings. The summed E-state index contributed by atoms with van der Waals surface area (Å²) in [6, 6.07) is 5.12. The van der Waals surface area contributed by atoms with Gasteiger partial charge in [0.25, 0.3) is 5.91 Å². The Labute approximate surface area is 122 Å². The summed E-state index contributed by atoms with van der Waals surface area (Å²) in [6.07, 6.45) is 3.46. The standard InChI is InChI=1S/C13H15ClN4O2/c1-20-6-2-5-16-13(19)10(7-15)8-17-12-4-3-11(14)9-18-12/h3-4,8-9H,2,5-6H2,1H3,(H,16,19)(H,17,18)/b10-8-. The third-order valence-electron chi connectivity index (χ3n) is 2.27. The molecule has 0 saturated carbocycles. The molecule has 0 aliphatic heterocycles. The highest BCUT2D eigenvalue weighted by Gasteiger charge is 2.07. The largest absolute Gasteiger partial charge is 0.385 e. The number of ether oxygens (including phenoxy) is 1. The summed E-state index contributed by atoms with van der Waals surface area (Å²) in [5.41, 5.74) is -0.0285. The molecule has 7 heteroatoms. The van der Waals surface area contributed by atoms with Crippen molar-refractivity contribution in [2.75, 3.05) is 25.6 Å². The number of hydrogen-bond acceptors (Lipinski definition) is 5. The topological polar surface area (TPSA) is 87.0 Å². The van der Waals surface area contributed by atoms with Crippen LogP contribution in [0.3, 0.4) is 0 Å². The zero-order valence-electron chi connectivity index (χ0n) is 11.0. The number of carbonyl (C=O) groups excluding carboxylic acids is 1. The van der Waals surface area contributed by atoms with Gasteiger partial charge in [-0.2, -0.15) is 5.26 Å². The number of methoxy groups -OCH3 is 1. The number of nitriles is 1. The fraction of sp³-hybridized carbons (Fsp3) is 0.308. The second-order valence-corrected chi connectivity index (χ2v) is 4.21. The molecule has 1 aromatic rings. The van der Waals surface area contributed by atoms with E-state index in [1.54, 1.807) is 19.2 Å². The van der Waals surface area contributed by atoms with Crippen LogP contribution in [0.1, 0.15) is 6.42 Å². The number of amides is 1. The van der Waals surface area contributed by atoms with Crippen LogP contribution in [0.15, 0.2) is 30.1 Å². The maximum Gasteiger partial charge on any atom is 0.263 e. The Kier molecular flexibility index (Phi) is 7.11. The van der Waals surface area contributed by atoms with Gasteiger partial charge in [0, 0.05) is 32.7 Å². The van der Waals surface area contributed by atoms with Gasteiger partial charge < -0.3 is 15.4 Å². The smallest absolute Gasteiger partial charge is 0.263 e. The third kappa shape index (κ3) is 5.69. The molecule has 0 aliphatic rings. The van der Waals surface area contributed by atoms with Crippen LogP contribution in [0.2, 0.25) is 5.02 Å². The SMILES string of the molecule is COCCCNC(=O)/C(C#N)=C\Nc1ccc(Cl)cn1. The van der Waals surface area contributed by atoms with E-state index in [0.717, 1.165) is 0 Å². The van der Waals surface area contributed by atoms with Crippen molar-refractivity contribution in [2.45, 2.75) is 6.42 Å². The number of halogens is 1. The molecule has 1 rings (SSSR count). The van der Waals surface area contributed by atoms with Gasteiger partial charge in [-0.3, -0.25) is 4.79 Å². The molecule has 2 N–H and O–H groups in total. The minimum absolute atomic E-state index is 0.0285. The van der Waals surface area contributed by atoms with Gasteiger partial charge in [0.05, 0.1) is 5.02 Å². The number of anilines is 1. The first-order valence-electron chi connectivity index (χ1n) is 5.93. The van der Waals surface area contributed by atoms with Crippen molar-refractivity contribution in [3.63, 3.8) is 0 Å². The van der Waals surface area contributed by atoms with E-state index in [4.69, 9.17) is 21.6 Å². The molecule has 0 unspecified atom stereocenters. The fourth-order valence-electron chi connectivity index (χ4n) is 1.27. The van der Waals surface area contributed by atoms with Gasteiger partial charge in [-0.05, 0) is 18.6 Å². The average Bonchev–Trinajstić information content (AvgIpc) is 2.46. The predicted molar refractivity (Wildman–Crippen MR) is 76.1 cm³/mol. The first-order chi connectivity index (χ1) is 9.67. The van der Waals surface area contributed by atoms with Gasteiger partial charge in [-0.25, -0.2) is 4.98 Å². The van der Waals surface area contributed by atoms with Crippen LogP contribution < -0.4 is 10.6 Å². The van der Waals surface area contributed by atoms with E-state index in [-0.39, 0.29) is 5.57 Å². The number of pyridine rings is 1. The maximum absolute atomic E-state index is 11.7. The number of aromatic nitrogens is 1. The van der Waals surface area contributed by atoms with Crippen LogP contribution in [0.25, 0.3) is 0 Å². The highest BCUT2D eigenvalue weighted by Crippen LogP contribution is 2.09. The van der Waals surface area contributed by atoms with Gasteiger partial charge in [-0.15, -0.1) is 0 Å². The number of nitrogens with one attached hydrogen (secondary N) is 2. The molecular weight excluding hydrogens is 280 g/mol. The third-order valence-corrected chi connectivity index (χ3v) is 2.49. The molecule has 0 aromatic carbocycles. The molecule has 1 heterocycles. The normalized spacial score (nSPS) is 10.8. The molecule has 0 saturated heterocycles. The fourth-order valence-corrected chi connectivity index (χ4v) is 1.38. The van der Waals surface area contributed by atoms with Crippen LogP contribution in [-0.4, -0.2) is 31.2 Å². The Bertz CT molecular complexity index is 508. The van der Waals surface area contributed by atoms with Crippen molar-refractivity contribution in [3.8, 4) is 6.07 Å². The van der Waals surface area contributed by atoms with E-state index in [0.29, 0.717) is 30.4 Å². The Morgan fingerprint density at radius 2 is 2.40 bits per heavy atom. The lowest BCUT2D eigenvalue weighted by Gasteiger charge is -2.04. The predicted octanol–water partition coefficient (Wildman–Crippen LogP) is 1.71. The molecule has 106 valence electrons. The van der Waals surface area contributed by atoms with Crippen LogP contribution in [0, 0.1) is 11.3 Å². The van der Waals surface area contributed by atoms with Crippen molar-refractivity contribution in [1.82, 2.24) is 10.3 Å². The lowest BCUT2D eigenvalue weighted by Crippen LogP contribution is -2.26. The maximum atomic E-state index is 11.7. The number of rotatable bonds is 7. The Morgan fingerprint density at radius 3 is 3.00 bits per heavy atom. The Hall–Kier alpha value is -2.10. The molecule has 20 heavy (non-hydrogen) atoms. The van der Waals surface area contributed by atoms with Crippen molar-refractivity contribution in [2.24, 2.45) is 0 Å². The summed E-state index contributed by atoms with van der Waals surface area (Å²) in [4.78, 5) is 15.7. The van der Waals surface area contributed by atoms with Crippen LogP contribution in [0.4, 0.5) is 5.82 Å². The zero-order chi connectivity index (χ0) is 14.8. The first kappa shape index (κ1) is 16.0. The van der Waals surface area contributed by atoms with Gasteiger partial charge in [0.15, 0.2) is 0 Å². The molecule has 6 nitrogen and oxygen atoms in total. The Morgan fingerprint density at radius 1 is 1.60 bits per heavy atom. The molecule has 1 amide bonds. The zero-order valence-corrected chi connectivity index (χ0v) is 11.8. The van der Waals surface area contributed by atoms with E-state index in [1.165, 1.54) is 12.4 Å². The van der Waals surface area contributed by atoms with E-state index >= 15 is 0 Å². The monoisotopic (exact) mass is 294 g/mol. The van der Waals surface area contributed by atoms with Gasteiger partial charge in [-0.1, -0.05) is 11.6 Å². The second kappa shape index (κ2) is 8.91. The highest BCUT2D eigenvalue weighted by molar-refractivity contribution is 6.30. The van der Waals surface area contributed by atoms with Gasteiger partial charge in [0.1, 0.15) is 17.5 Å². The van der Waals surface area contributed by atoms with Crippen LogP contribution in [-0.2, 0) is 9.53 Å². The quantitative estimate of drug-likeness (QED) is 0.454. The molecule has 0 bridgehead atoms. The first-order valence-corrected chi connectivity index (χ1v) is 6.30. The van der Waals surface area contributed by atoms with Gasteiger partial charge in [0.2, 0.25) is 0 Å². The average molecular weight is 295 g/mol. The molecule has 0 aliphatic carbocycles. The molecule has 0 radical (unpaired) electrons. The van der Waals surface area contributed by atoms with Crippen molar-refractivity contribution < 1.29 is 9.53 Å². The summed E-state index contributed by atoms with van der Waals surface area (Å²) in [7, 11) is 1.59. The van der Waals surface area contributed by atoms with E-state index in [1.807, 2.05) is 6.07 Å². The Balaban J connectivity index is 2.52. The van der Waals surface area contributed by atoms with Gasteiger partial charge >= 0.3 is 0 Å². The molecule has 1 aromatic heterocycles. The van der Waals surface area contributed by atoms with Crippen molar-refractivity contribution in [1.29, 1.82) is 5.26 Å². The van der Waals surface area contributed by atoms with Crippen LogP contribution in [0.5, 0.6) is 0 Å². The lowest BCUT2D eigenvalue weighted by molar-refractivity contribution is -0.117.